The third-order valence-corrected chi connectivity index (χ3v) is 2.20. The molecule has 0 saturated heterocycles. The van der Waals surface area contributed by atoms with Crippen molar-refractivity contribution in [1.82, 2.24) is 0 Å². The molecule has 1 amide bonds. The highest BCUT2D eigenvalue weighted by atomic mass is 35.5. The number of benzene rings is 1. The number of nitrogens with one attached hydrogen (secondary N) is 1. The summed E-state index contributed by atoms with van der Waals surface area (Å²) in [4.78, 5) is 10.5. The van der Waals surface area contributed by atoms with E-state index >= 15 is 0 Å². The smallest absolute Gasteiger partial charge is 0.409 e. The Morgan fingerprint density at radius 1 is 1.50 bits per heavy atom. The molecule has 1 aromatic carbocycles. The molecule has 14 heavy (non-hydrogen) atoms. The maximum atomic E-state index is 10.5. The predicted octanol–water partition coefficient (Wildman–Crippen LogP) is 3.55. The van der Waals surface area contributed by atoms with Gasteiger partial charge in [-0.05, 0) is 23.6 Å². The van der Waals surface area contributed by atoms with Crippen LogP contribution in [-0.4, -0.2) is 11.2 Å². The second-order valence-electron chi connectivity index (χ2n) is 3.29. The molecule has 0 aliphatic heterocycles. The zero-order valence-electron chi connectivity index (χ0n) is 8.04. The SMILES string of the molecule is CC(C)c1c(Cl)cccc1NC(=O)O. The van der Waals surface area contributed by atoms with Crippen molar-refractivity contribution in [3.8, 4) is 0 Å². The van der Waals surface area contributed by atoms with E-state index in [1.165, 1.54) is 0 Å². The van der Waals surface area contributed by atoms with Crippen LogP contribution in [0.5, 0.6) is 0 Å². The second kappa shape index (κ2) is 4.33. The van der Waals surface area contributed by atoms with E-state index in [0.717, 1.165) is 5.56 Å². The Labute approximate surface area is 87.7 Å². The van der Waals surface area contributed by atoms with Gasteiger partial charge >= 0.3 is 6.09 Å². The monoisotopic (exact) mass is 213 g/mol. The minimum Gasteiger partial charge on any atom is -0.465 e. The van der Waals surface area contributed by atoms with E-state index in [-0.39, 0.29) is 5.92 Å². The highest BCUT2D eigenvalue weighted by Gasteiger charge is 2.11. The first kappa shape index (κ1) is 10.9. The van der Waals surface area contributed by atoms with Gasteiger partial charge < -0.3 is 5.11 Å². The molecule has 0 spiro atoms. The van der Waals surface area contributed by atoms with E-state index in [1.54, 1.807) is 18.2 Å². The molecule has 1 aromatic rings. The quantitative estimate of drug-likeness (QED) is 0.789. The molecular formula is C10H12ClNO2. The van der Waals surface area contributed by atoms with Crippen molar-refractivity contribution in [2.45, 2.75) is 19.8 Å². The first-order chi connectivity index (χ1) is 6.52. The number of hydrogen-bond acceptors (Lipinski definition) is 1. The lowest BCUT2D eigenvalue weighted by Crippen LogP contribution is -2.10. The minimum atomic E-state index is -1.07. The normalized spacial score (nSPS) is 10.3. The minimum absolute atomic E-state index is 0.186. The predicted molar refractivity (Wildman–Crippen MR) is 57.2 cm³/mol. The molecule has 0 radical (unpaired) electrons. The molecule has 0 aliphatic rings. The van der Waals surface area contributed by atoms with Crippen LogP contribution in [0.15, 0.2) is 18.2 Å². The van der Waals surface area contributed by atoms with E-state index in [1.807, 2.05) is 13.8 Å². The number of halogens is 1. The topological polar surface area (TPSA) is 49.3 Å². The van der Waals surface area contributed by atoms with Gasteiger partial charge in [-0.1, -0.05) is 31.5 Å². The lowest BCUT2D eigenvalue weighted by Gasteiger charge is -2.13. The van der Waals surface area contributed by atoms with Gasteiger partial charge in [-0.3, -0.25) is 5.32 Å². The van der Waals surface area contributed by atoms with E-state index in [9.17, 15) is 4.79 Å². The molecule has 0 fully saturated rings. The number of hydrogen-bond donors (Lipinski definition) is 2. The molecule has 0 unspecified atom stereocenters. The number of amides is 1. The van der Waals surface area contributed by atoms with Crippen molar-refractivity contribution >= 4 is 23.4 Å². The Bertz CT molecular complexity index is 350. The van der Waals surface area contributed by atoms with Crippen molar-refractivity contribution < 1.29 is 9.90 Å². The Kier molecular flexibility index (Phi) is 3.36. The number of rotatable bonds is 2. The first-order valence-electron chi connectivity index (χ1n) is 4.30. The molecule has 0 heterocycles. The van der Waals surface area contributed by atoms with Gasteiger partial charge in [0, 0.05) is 10.7 Å². The van der Waals surface area contributed by atoms with Crippen molar-refractivity contribution in [2.75, 3.05) is 5.32 Å². The third kappa shape index (κ3) is 2.39. The maximum Gasteiger partial charge on any atom is 0.409 e. The summed E-state index contributed by atoms with van der Waals surface area (Å²) in [5, 5.41) is 11.5. The standard InChI is InChI=1S/C10H12ClNO2/c1-6(2)9-7(11)4-3-5-8(9)12-10(13)14/h3-6,12H,1-2H3,(H,13,14). The van der Waals surface area contributed by atoms with Crippen LogP contribution in [0.1, 0.15) is 25.3 Å². The molecule has 1 rings (SSSR count). The number of carboxylic acid groups (broad SMARTS) is 1. The summed E-state index contributed by atoms with van der Waals surface area (Å²) in [6.07, 6.45) is -1.07. The van der Waals surface area contributed by atoms with Gasteiger partial charge in [-0.15, -0.1) is 0 Å². The number of carbonyl (C=O) groups is 1. The van der Waals surface area contributed by atoms with Crippen LogP contribution in [0.3, 0.4) is 0 Å². The molecule has 0 aliphatic carbocycles. The van der Waals surface area contributed by atoms with E-state index < -0.39 is 6.09 Å². The van der Waals surface area contributed by atoms with Crippen molar-refractivity contribution in [1.29, 1.82) is 0 Å². The molecule has 0 bridgehead atoms. The Balaban J connectivity index is 3.14. The van der Waals surface area contributed by atoms with E-state index in [0.29, 0.717) is 10.7 Å². The summed E-state index contributed by atoms with van der Waals surface area (Å²) >= 11 is 5.97. The molecule has 0 aromatic heterocycles. The molecule has 0 atom stereocenters. The van der Waals surface area contributed by atoms with E-state index in [2.05, 4.69) is 5.32 Å². The van der Waals surface area contributed by atoms with Crippen LogP contribution in [0.4, 0.5) is 10.5 Å². The largest absolute Gasteiger partial charge is 0.465 e. The molecule has 76 valence electrons. The molecule has 3 nitrogen and oxygen atoms in total. The van der Waals surface area contributed by atoms with Crippen LogP contribution >= 0.6 is 11.6 Å². The lowest BCUT2D eigenvalue weighted by atomic mass is 10.0. The van der Waals surface area contributed by atoms with Gasteiger partial charge in [0.25, 0.3) is 0 Å². The van der Waals surface area contributed by atoms with Gasteiger partial charge in [0.2, 0.25) is 0 Å². The van der Waals surface area contributed by atoms with Crippen LogP contribution in [0.25, 0.3) is 0 Å². The maximum absolute atomic E-state index is 10.5. The van der Waals surface area contributed by atoms with Gasteiger partial charge in [0.15, 0.2) is 0 Å². The van der Waals surface area contributed by atoms with Gasteiger partial charge in [0.05, 0.1) is 0 Å². The lowest BCUT2D eigenvalue weighted by molar-refractivity contribution is 0.209. The fraction of sp³-hybridized carbons (Fsp3) is 0.300. The second-order valence-corrected chi connectivity index (χ2v) is 3.69. The summed E-state index contributed by atoms with van der Waals surface area (Å²) in [5.41, 5.74) is 1.39. The Morgan fingerprint density at radius 2 is 2.14 bits per heavy atom. The summed E-state index contributed by atoms with van der Waals surface area (Å²) in [5.74, 6) is 0.186. The van der Waals surface area contributed by atoms with Crippen molar-refractivity contribution in [3.05, 3.63) is 28.8 Å². The van der Waals surface area contributed by atoms with E-state index in [4.69, 9.17) is 16.7 Å². The fourth-order valence-electron chi connectivity index (χ4n) is 1.35. The Hall–Kier alpha value is -1.22. The Morgan fingerprint density at radius 3 is 2.64 bits per heavy atom. The summed E-state index contributed by atoms with van der Waals surface area (Å²) in [6, 6.07) is 5.18. The molecular weight excluding hydrogens is 202 g/mol. The highest BCUT2D eigenvalue weighted by molar-refractivity contribution is 6.31. The highest BCUT2D eigenvalue weighted by Crippen LogP contribution is 2.31. The molecule has 4 heteroatoms. The van der Waals surface area contributed by atoms with Crippen LogP contribution in [0.2, 0.25) is 5.02 Å². The van der Waals surface area contributed by atoms with Crippen molar-refractivity contribution in [3.63, 3.8) is 0 Å². The van der Waals surface area contributed by atoms with Gasteiger partial charge in [-0.2, -0.15) is 0 Å². The van der Waals surface area contributed by atoms with Crippen LogP contribution in [-0.2, 0) is 0 Å². The average Bonchev–Trinajstić information content (AvgIpc) is 2.01. The molecule has 2 N–H and O–H groups in total. The van der Waals surface area contributed by atoms with Gasteiger partial charge in [-0.25, -0.2) is 4.79 Å². The zero-order chi connectivity index (χ0) is 10.7. The summed E-state index contributed by atoms with van der Waals surface area (Å²) in [7, 11) is 0. The molecule has 0 saturated carbocycles. The third-order valence-electron chi connectivity index (χ3n) is 1.87. The van der Waals surface area contributed by atoms with Gasteiger partial charge in [0.1, 0.15) is 0 Å². The van der Waals surface area contributed by atoms with Crippen molar-refractivity contribution in [2.24, 2.45) is 0 Å². The first-order valence-corrected chi connectivity index (χ1v) is 4.68. The average molecular weight is 214 g/mol. The number of anilines is 1. The zero-order valence-corrected chi connectivity index (χ0v) is 8.80. The summed E-state index contributed by atoms with van der Waals surface area (Å²) < 4.78 is 0. The van der Waals surface area contributed by atoms with Crippen LogP contribution < -0.4 is 5.32 Å². The fourth-order valence-corrected chi connectivity index (χ4v) is 1.74. The van der Waals surface area contributed by atoms with Crippen LogP contribution in [0, 0.1) is 0 Å². The summed E-state index contributed by atoms with van der Waals surface area (Å²) in [6.45, 7) is 3.93.